The molecule has 1 aliphatic carbocycles. The zero-order chi connectivity index (χ0) is 13.9. The maximum Gasteiger partial charge on any atom is 0.143 e. The van der Waals surface area contributed by atoms with Crippen LogP contribution in [-0.4, -0.2) is 11.5 Å². The Hall–Kier alpha value is -1.61. The van der Waals surface area contributed by atoms with Gasteiger partial charge in [0.2, 0.25) is 0 Å². The molecule has 2 aromatic carbocycles. The molecule has 0 radical (unpaired) electrons. The Kier molecular flexibility index (Phi) is 3.88. The first-order chi connectivity index (χ1) is 9.72. The molecule has 0 N–H and O–H groups in total. The van der Waals surface area contributed by atoms with E-state index in [4.69, 9.17) is 0 Å². The van der Waals surface area contributed by atoms with Gasteiger partial charge in [0.05, 0.1) is 5.75 Å². The molecule has 102 valence electrons. The Morgan fingerprint density at radius 1 is 1.15 bits per heavy atom. The standard InChI is InChI=1S/C17H15FOS/c18-14-5-7-16(8-6-14)20-11-15(19)10-13-9-12-3-1-2-4-17(12)13/h1-8,13H,9-11H2. The van der Waals surface area contributed by atoms with Crippen molar-refractivity contribution in [2.75, 3.05) is 5.75 Å². The van der Waals surface area contributed by atoms with Gasteiger partial charge in [0.15, 0.2) is 0 Å². The maximum atomic E-state index is 12.8. The molecule has 20 heavy (non-hydrogen) atoms. The highest BCUT2D eigenvalue weighted by Gasteiger charge is 2.27. The maximum absolute atomic E-state index is 12.8. The fourth-order valence-corrected chi connectivity index (χ4v) is 3.35. The largest absolute Gasteiger partial charge is 0.299 e. The monoisotopic (exact) mass is 286 g/mol. The van der Waals surface area contributed by atoms with Gasteiger partial charge in [0.1, 0.15) is 11.6 Å². The molecular weight excluding hydrogens is 271 g/mol. The van der Waals surface area contributed by atoms with Crippen LogP contribution in [-0.2, 0) is 11.2 Å². The van der Waals surface area contributed by atoms with Gasteiger partial charge in [-0.25, -0.2) is 4.39 Å². The van der Waals surface area contributed by atoms with Gasteiger partial charge in [0, 0.05) is 11.3 Å². The van der Waals surface area contributed by atoms with E-state index in [1.165, 1.54) is 35.0 Å². The summed E-state index contributed by atoms with van der Waals surface area (Å²) in [6.45, 7) is 0. The number of rotatable bonds is 5. The summed E-state index contributed by atoms with van der Waals surface area (Å²) < 4.78 is 12.8. The Morgan fingerprint density at radius 3 is 2.65 bits per heavy atom. The predicted octanol–water partition coefficient (Wildman–Crippen LogP) is 4.22. The molecule has 0 spiro atoms. The zero-order valence-corrected chi connectivity index (χ0v) is 11.8. The molecule has 3 rings (SSSR count). The third-order valence-electron chi connectivity index (χ3n) is 3.65. The van der Waals surface area contributed by atoms with E-state index >= 15 is 0 Å². The van der Waals surface area contributed by atoms with Crippen molar-refractivity contribution in [2.45, 2.75) is 23.7 Å². The zero-order valence-electron chi connectivity index (χ0n) is 11.0. The number of thioether (sulfide) groups is 1. The fourth-order valence-electron chi connectivity index (χ4n) is 2.57. The van der Waals surface area contributed by atoms with Crippen LogP contribution in [0.15, 0.2) is 53.4 Å². The SMILES string of the molecule is O=C(CSc1ccc(F)cc1)CC1Cc2ccccc21. The van der Waals surface area contributed by atoms with Gasteiger partial charge in [-0.1, -0.05) is 24.3 Å². The van der Waals surface area contributed by atoms with Crippen molar-refractivity contribution >= 4 is 17.5 Å². The average molecular weight is 286 g/mol. The first-order valence-corrected chi connectivity index (χ1v) is 7.69. The van der Waals surface area contributed by atoms with E-state index in [0.29, 0.717) is 18.1 Å². The lowest BCUT2D eigenvalue weighted by Crippen LogP contribution is -2.20. The molecule has 0 aromatic heterocycles. The average Bonchev–Trinajstić information content (AvgIpc) is 2.44. The number of halogens is 1. The molecule has 0 heterocycles. The number of carbonyl (C=O) groups excluding carboxylic acids is 1. The summed E-state index contributed by atoms with van der Waals surface area (Å²) in [5, 5.41) is 0. The minimum absolute atomic E-state index is 0.244. The minimum Gasteiger partial charge on any atom is -0.299 e. The van der Waals surface area contributed by atoms with E-state index in [-0.39, 0.29) is 11.6 Å². The molecule has 0 aliphatic heterocycles. The van der Waals surface area contributed by atoms with Crippen molar-refractivity contribution in [2.24, 2.45) is 0 Å². The molecule has 3 heteroatoms. The minimum atomic E-state index is -0.244. The van der Waals surface area contributed by atoms with Crippen molar-refractivity contribution in [1.82, 2.24) is 0 Å². The molecule has 1 aliphatic rings. The lowest BCUT2D eigenvalue weighted by Gasteiger charge is -2.29. The first-order valence-electron chi connectivity index (χ1n) is 6.70. The van der Waals surface area contributed by atoms with Crippen molar-refractivity contribution in [3.8, 4) is 0 Å². The van der Waals surface area contributed by atoms with Crippen molar-refractivity contribution in [3.63, 3.8) is 0 Å². The summed E-state index contributed by atoms with van der Waals surface area (Å²) in [6.07, 6.45) is 1.63. The fraction of sp³-hybridized carbons (Fsp3) is 0.235. The smallest absolute Gasteiger partial charge is 0.143 e. The Morgan fingerprint density at radius 2 is 1.90 bits per heavy atom. The molecule has 1 nitrogen and oxygen atoms in total. The van der Waals surface area contributed by atoms with Crippen molar-refractivity contribution in [1.29, 1.82) is 0 Å². The second-order valence-corrected chi connectivity index (χ2v) is 6.13. The van der Waals surface area contributed by atoms with Crippen LogP contribution >= 0.6 is 11.8 Å². The molecule has 0 saturated carbocycles. The van der Waals surface area contributed by atoms with Crippen molar-refractivity contribution in [3.05, 3.63) is 65.5 Å². The van der Waals surface area contributed by atoms with Crippen LogP contribution < -0.4 is 0 Å². The summed E-state index contributed by atoms with van der Waals surface area (Å²) >= 11 is 1.48. The van der Waals surface area contributed by atoms with Crippen LogP contribution in [0, 0.1) is 5.82 Å². The summed E-state index contributed by atoms with van der Waals surface area (Å²) in [4.78, 5) is 12.9. The van der Waals surface area contributed by atoms with Gasteiger partial charge in [0.25, 0.3) is 0 Å². The normalized spacial score (nSPS) is 16.4. The molecule has 1 unspecified atom stereocenters. The Balaban J connectivity index is 1.50. The summed E-state index contributed by atoms with van der Waals surface area (Å²) in [6, 6.07) is 14.6. The summed E-state index contributed by atoms with van der Waals surface area (Å²) in [5.41, 5.74) is 2.70. The predicted molar refractivity (Wildman–Crippen MR) is 79.6 cm³/mol. The molecule has 2 aromatic rings. The topological polar surface area (TPSA) is 17.1 Å². The second-order valence-electron chi connectivity index (χ2n) is 5.09. The van der Waals surface area contributed by atoms with E-state index in [0.717, 1.165) is 11.3 Å². The van der Waals surface area contributed by atoms with Crippen LogP contribution in [0.1, 0.15) is 23.5 Å². The van der Waals surface area contributed by atoms with Gasteiger partial charge in [-0.2, -0.15) is 0 Å². The number of hydrogen-bond acceptors (Lipinski definition) is 2. The van der Waals surface area contributed by atoms with Gasteiger partial charge in [-0.15, -0.1) is 11.8 Å². The molecule has 0 saturated heterocycles. The lowest BCUT2D eigenvalue weighted by molar-refractivity contribution is -0.117. The highest BCUT2D eigenvalue weighted by Crippen LogP contribution is 2.37. The number of fused-ring (bicyclic) bond motifs is 1. The van der Waals surface area contributed by atoms with Gasteiger partial charge < -0.3 is 0 Å². The van der Waals surface area contributed by atoms with Crippen LogP contribution in [0.4, 0.5) is 4.39 Å². The number of Topliss-reactive ketones (excluding diaryl/α,β-unsaturated/α-hetero) is 1. The lowest BCUT2D eigenvalue weighted by atomic mass is 9.75. The van der Waals surface area contributed by atoms with Crippen LogP contribution in [0.3, 0.4) is 0 Å². The van der Waals surface area contributed by atoms with Gasteiger partial charge in [-0.3, -0.25) is 4.79 Å². The number of carbonyl (C=O) groups is 1. The summed E-state index contributed by atoms with van der Waals surface area (Å²) in [7, 11) is 0. The number of benzene rings is 2. The highest BCUT2D eigenvalue weighted by atomic mass is 32.2. The van der Waals surface area contributed by atoms with Crippen LogP contribution in [0.5, 0.6) is 0 Å². The Bertz CT molecular complexity index is 621. The third kappa shape index (κ3) is 2.93. The first kappa shape index (κ1) is 13.4. The molecule has 0 amide bonds. The molecular formula is C17H15FOS. The quantitative estimate of drug-likeness (QED) is 0.766. The molecule has 1 atom stereocenters. The van der Waals surface area contributed by atoms with Gasteiger partial charge in [-0.05, 0) is 47.7 Å². The van der Waals surface area contributed by atoms with E-state index in [9.17, 15) is 9.18 Å². The molecule has 0 bridgehead atoms. The van der Waals surface area contributed by atoms with E-state index < -0.39 is 0 Å². The Labute approximate surface area is 122 Å². The molecule has 0 fully saturated rings. The van der Waals surface area contributed by atoms with E-state index in [1.54, 1.807) is 12.1 Å². The van der Waals surface area contributed by atoms with E-state index in [2.05, 4.69) is 12.1 Å². The number of ketones is 1. The van der Waals surface area contributed by atoms with Crippen LogP contribution in [0.2, 0.25) is 0 Å². The highest BCUT2D eigenvalue weighted by molar-refractivity contribution is 8.00. The van der Waals surface area contributed by atoms with Crippen LogP contribution in [0.25, 0.3) is 0 Å². The number of hydrogen-bond donors (Lipinski definition) is 0. The third-order valence-corrected chi connectivity index (χ3v) is 4.72. The van der Waals surface area contributed by atoms with Gasteiger partial charge >= 0.3 is 0 Å². The van der Waals surface area contributed by atoms with E-state index in [1.807, 2.05) is 12.1 Å². The van der Waals surface area contributed by atoms with Crippen molar-refractivity contribution < 1.29 is 9.18 Å². The second kappa shape index (κ2) is 5.80. The summed E-state index contributed by atoms with van der Waals surface area (Å²) in [5.74, 6) is 0.878.